The summed E-state index contributed by atoms with van der Waals surface area (Å²) < 4.78 is 3.66. The van der Waals surface area contributed by atoms with E-state index in [4.69, 9.17) is 0 Å². The average Bonchev–Trinajstić information content (AvgIpc) is 3.08. The molecule has 114 valence electrons. The molecule has 0 saturated carbocycles. The van der Waals surface area contributed by atoms with Crippen molar-refractivity contribution < 1.29 is 9.59 Å². The van der Waals surface area contributed by atoms with E-state index in [0.29, 0.717) is 24.5 Å². The average molecular weight is 317 g/mol. The van der Waals surface area contributed by atoms with E-state index in [1.54, 1.807) is 0 Å². The first kappa shape index (κ1) is 14.5. The number of anilines is 1. The van der Waals surface area contributed by atoms with Crippen LogP contribution in [0, 0.1) is 0 Å². The number of nitrogens with one attached hydrogen (secondary N) is 2. The lowest BCUT2D eigenvalue weighted by Gasteiger charge is -2.28. The highest BCUT2D eigenvalue weighted by atomic mass is 32.1. The van der Waals surface area contributed by atoms with Crippen molar-refractivity contribution in [2.45, 2.75) is 6.54 Å². The Morgan fingerprint density at radius 1 is 1.36 bits per heavy atom. The van der Waals surface area contributed by atoms with E-state index in [2.05, 4.69) is 20.2 Å². The first-order chi connectivity index (χ1) is 10.7. The van der Waals surface area contributed by atoms with E-state index in [1.165, 1.54) is 6.20 Å². The topological polar surface area (TPSA) is 87.2 Å². The van der Waals surface area contributed by atoms with Gasteiger partial charge in [-0.3, -0.25) is 9.59 Å². The molecule has 1 fully saturated rings. The summed E-state index contributed by atoms with van der Waals surface area (Å²) in [4.78, 5) is 25.7. The molecule has 0 spiro atoms. The van der Waals surface area contributed by atoms with E-state index in [9.17, 15) is 9.59 Å². The molecule has 0 atom stereocenters. The van der Waals surface area contributed by atoms with Gasteiger partial charge < -0.3 is 15.5 Å². The van der Waals surface area contributed by atoms with Crippen LogP contribution in [0.3, 0.4) is 0 Å². The van der Waals surface area contributed by atoms with Gasteiger partial charge in [0.25, 0.3) is 5.91 Å². The molecule has 0 unspecified atom stereocenters. The molecule has 2 N–H and O–H groups in total. The van der Waals surface area contributed by atoms with Crippen LogP contribution in [0.15, 0.2) is 30.5 Å². The maximum Gasteiger partial charge on any atom is 0.264 e. The molecule has 2 amide bonds. The monoisotopic (exact) mass is 317 g/mol. The van der Waals surface area contributed by atoms with Crippen LogP contribution in [0.2, 0.25) is 0 Å². The lowest BCUT2D eigenvalue weighted by atomic mass is 10.2. The van der Waals surface area contributed by atoms with Crippen LogP contribution in [0.4, 0.5) is 5.69 Å². The minimum atomic E-state index is -0.174. The fourth-order valence-electron chi connectivity index (χ4n) is 2.22. The number of amides is 2. The second-order valence-corrected chi connectivity index (χ2v) is 5.69. The van der Waals surface area contributed by atoms with E-state index in [0.717, 1.165) is 29.3 Å². The molecule has 1 aromatic heterocycles. The molecule has 0 bridgehead atoms. The van der Waals surface area contributed by atoms with Gasteiger partial charge >= 0.3 is 0 Å². The lowest BCUT2D eigenvalue weighted by molar-refractivity contribution is -0.120. The molecule has 8 heteroatoms. The SMILES string of the molecule is O=C1CN(c2ccc(CNC(=O)c3cnns3)cc2)CCN1. The van der Waals surface area contributed by atoms with Crippen LogP contribution in [-0.2, 0) is 11.3 Å². The number of benzene rings is 1. The number of rotatable bonds is 4. The van der Waals surface area contributed by atoms with Crippen molar-refractivity contribution in [2.24, 2.45) is 0 Å². The zero-order valence-corrected chi connectivity index (χ0v) is 12.6. The molecule has 22 heavy (non-hydrogen) atoms. The van der Waals surface area contributed by atoms with Crippen molar-refractivity contribution in [3.05, 3.63) is 40.9 Å². The normalized spacial score (nSPS) is 14.5. The smallest absolute Gasteiger partial charge is 0.264 e. The Morgan fingerprint density at radius 3 is 2.86 bits per heavy atom. The van der Waals surface area contributed by atoms with Crippen LogP contribution in [0.1, 0.15) is 15.2 Å². The van der Waals surface area contributed by atoms with Gasteiger partial charge in [0.2, 0.25) is 5.91 Å². The molecule has 1 saturated heterocycles. The summed E-state index contributed by atoms with van der Waals surface area (Å²) in [5.41, 5.74) is 2.01. The molecule has 1 aromatic carbocycles. The summed E-state index contributed by atoms with van der Waals surface area (Å²) in [7, 11) is 0. The number of carbonyl (C=O) groups excluding carboxylic acids is 2. The Hall–Kier alpha value is -2.48. The highest BCUT2D eigenvalue weighted by Gasteiger charge is 2.16. The van der Waals surface area contributed by atoms with Crippen LogP contribution in [-0.4, -0.2) is 41.0 Å². The minimum absolute atomic E-state index is 0.0424. The molecular formula is C14H15N5O2S. The van der Waals surface area contributed by atoms with Crippen LogP contribution in [0.5, 0.6) is 0 Å². The molecule has 0 radical (unpaired) electrons. The Bertz CT molecular complexity index is 656. The third-order valence-corrected chi connectivity index (χ3v) is 4.04. The second-order valence-electron chi connectivity index (χ2n) is 4.90. The van der Waals surface area contributed by atoms with Crippen molar-refractivity contribution in [1.29, 1.82) is 0 Å². The number of nitrogens with zero attached hydrogens (tertiary/aromatic N) is 3. The third-order valence-electron chi connectivity index (χ3n) is 3.38. The summed E-state index contributed by atoms with van der Waals surface area (Å²) >= 11 is 1.07. The van der Waals surface area contributed by atoms with Gasteiger partial charge in [0.05, 0.1) is 12.7 Å². The number of hydrogen-bond acceptors (Lipinski definition) is 6. The van der Waals surface area contributed by atoms with Crippen molar-refractivity contribution >= 4 is 29.0 Å². The van der Waals surface area contributed by atoms with Gasteiger partial charge in [0.15, 0.2) is 0 Å². The maximum absolute atomic E-state index is 11.8. The zero-order chi connectivity index (χ0) is 15.4. The molecule has 3 rings (SSSR count). The molecule has 2 aromatic rings. The Labute approximate surface area is 131 Å². The fraction of sp³-hybridized carbons (Fsp3) is 0.286. The highest BCUT2D eigenvalue weighted by molar-refractivity contribution is 7.07. The number of aromatic nitrogens is 2. The van der Waals surface area contributed by atoms with E-state index in [1.807, 2.05) is 29.2 Å². The van der Waals surface area contributed by atoms with Gasteiger partial charge in [0.1, 0.15) is 4.88 Å². The Kier molecular flexibility index (Phi) is 4.29. The zero-order valence-electron chi connectivity index (χ0n) is 11.8. The molecule has 0 aliphatic carbocycles. The fourth-order valence-corrected chi connectivity index (χ4v) is 2.65. The number of carbonyl (C=O) groups is 2. The Morgan fingerprint density at radius 2 is 2.18 bits per heavy atom. The van der Waals surface area contributed by atoms with Crippen LogP contribution >= 0.6 is 11.5 Å². The van der Waals surface area contributed by atoms with Gasteiger partial charge in [0, 0.05) is 25.3 Å². The van der Waals surface area contributed by atoms with Gasteiger partial charge in [-0.25, -0.2) is 0 Å². The summed E-state index contributed by atoms with van der Waals surface area (Å²) in [5.74, 6) is -0.132. The molecule has 7 nitrogen and oxygen atoms in total. The van der Waals surface area contributed by atoms with Gasteiger partial charge in [-0.1, -0.05) is 16.6 Å². The highest BCUT2D eigenvalue weighted by Crippen LogP contribution is 2.16. The number of piperazine rings is 1. The standard InChI is InChI=1S/C14H15N5O2S/c20-13-9-19(6-5-15-13)11-3-1-10(2-4-11)7-16-14(21)12-8-17-18-22-12/h1-4,8H,5-7,9H2,(H,15,20)(H,16,21). The van der Waals surface area contributed by atoms with E-state index >= 15 is 0 Å². The predicted octanol–water partition coefficient (Wildman–Crippen LogP) is 0.404. The van der Waals surface area contributed by atoms with E-state index in [-0.39, 0.29) is 11.8 Å². The van der Waals surface area contributed by atoms with Crippen molar-refractivity contribution in [3.63, 3.8) is 0 Å². The first-order valence-corrected chi connectivity index (χ1v) is 7.66. The summed E-state index contributed by atoms with van der Waals surface area (Å²) in [5, 5.41) is 9.26. The largest absolute Gasteiger partial charge is 0.360 e. The van der Waals surface area contributed by atoms with Gasteiger partial charge in [-0.2, -0.15) is 0 Å². The summed E-state index contributed by atoms with van der Waals surface area (Å²) in [6.07, 6.45) is 1.45. The van der Waals surface area contributed by atoms with Crippen LogP contribution < -0.4 is 15.5 Å². The quantitative estimate of drug-likeness (QED) is 0.852. The minimum Gasteiger partial charge on any atom is -0.360 e. The second kappa shape index (κ2) is 6.52. The third kappa shape index (κ3) is 3.40. The van der Waals surface area contributed by atoms with E-state index < -0.39 is 0 Å². The lowest BCUT2D eigenvalue weighted by Crippen LogP contribution is -2.47. The predicted molar refractivity (Wildman–Crippen MR) is 82.7 cm³/mol. The maximum atomic E-state index is 11.8. The Balaban J connectivity index is 1.57. The molecular weight excluding hydrogens is 302 g/mol. The van der Waals surface area contributed by atoms with Crippen molar-refractivity contribution in [2.75, 3.05) is 24.5 Å². The number of hydrogen-bond donors (Lipinski definition) is 2. The van der Waals surface area contributed by atoms with Crippen molar-refractivity contribution in [3.8, 4) is 0 Å². The van der Waals surface area contributed by atoms with Gasteiger partial charge in [-0.15, -0.1) is 5.10 Å². The molecule has 2 heterocycles. The van der Waals surface area contributed by atoms with Crippen LogP contribution in [0.25, 0.3) is 0 Å². The summed E-state index contributed by atoms with van der Waals surface area (Å²) in [6.45, 7) is 2.30. The summed E-state index contributed by atoms with van der Waals surface area (Å²) in [6, 6.07) is 7.84. The van der Waals surface area contributed by atoms with Gasteiger partial charge in [-0.05, 0) is 29.2 Å². The first-order valence-electron chi connectivity index (χ1n) is 6.88. The molecule has 1 aliphatic rings. The molecule has 1 aliphatic heterocycles. The van der Waals surface area contributed by atoms with Crippen molar-refractivity contribution in [1.82, 2.24) is 20.2 Å².